The van der Waals surface area contributed by atoms with Gasteiger partial charge in [0.05, 0.1) is 0 Å². The van der Waals surface area contributed by atoms with E-state index in [0.717, 1.165) is 22.5 Å². The summed E-state index contributed by atoms with van der Waals surface area (Å²) in [6.07, 6.45) is 0. The molecule has 1 heterocycles. The third-order valence-electron chi connectivity index (χ3n) is 4.55. The Labute approximate surface area is 163 Å². The van der Waals surface area contributed by atoms with Gasteiger partial charge in [0, 0.05) is 12.8 Å². The molecule has 0 spiro atoms. The number of aromatic nitrogens is 3. The number of hydrogen-bond donors (Lipinski definition) is 0. The van der Waals surface area contributed by atoms with Crippen LogP contribution in [0.2, 0.25) is 0 Å². The molecule has 3 aromatic carbocycles. The molecule has 4 rings (SSSR count). The van der Waals surface area contributed by atoms with Gasteiger partial charge in [-0.25, -0.2) is 0 Å². The summed E-state index contributed by atoms with van der Waals surface area (Å²) in [5.41, 5.74) is 2.52. The second-order valence-corrected chi connectivity index (χ2v) is 7.43. The highest BCUT2D eigenvalue weighted by molar-refractivity contribution is 7.98. The lowest BCUT2D eigenvalue weighted by Gasteiger charge is -2.08. The molecule has 0 saturated carbocycles. The topological polar surface area (TPSA) is 39.9 Å². The largest absolute Gasteiger partial charge is 0.486 e. The maximum Gasteiger partial charge on any atom is 0.191 e. The quantitative estimate of drug-likeness (QED) is 0.437. The minimum absolute atomic E-state index is 0.404. The van der Waals surface area contributed by atoms with E-state index in [0.29, 0.717) is 6.61 Å². The number of ether oxygens (including phenoxy) is 1. The van der Waals surface area contributed by atoms with Gasteiger partial charge < -0.3 is 9.30 Å². The molecule has 0 fully saturated rings. The first-order valence-corrected chi connectivity index (χ1v) is 9.86. The van der Waals surface area contributed by atoms with E-state index >= 15 is 0 Å². The summed E-state index contributed by atoms with van der Waals surface area (Å²) < 4.78 is 7.83. The molecule has 0 radical (unpaired) electrons. The summed E-state index contributed by atoms with van der Waals surface area (Å²) in [7, 11) is 1.99. The van der Waals surface area contributed by atoms with Gasteiger partial charge in [-0.1, -0.05) is 71.9 Å². The number of benzene rings is 3. The highest BCUT2D eigenvalue weighted by Gasteiger charge is 2.11. The Hall–Kier alpha value is -2.79. The fraction of sp³-hybridized carbons (Fsp3) is 0.182. The van der Waals surface area contributed by atoms with Crippen molar-refractivity contribution in [2.45, 2.75) is 24.4 Å². The van der Waals surface area contributed by atoms with Gasteiger partial charge in [-0.05, 0) is 35.4 Å². The van der Waals surface area contributed by atoms with Crippen molar-refractivity contribution >= 4 is 22.5 Å². The molecule has 0 amide bonds. The minimum atomic E-state index is 0.404. The minimum Gasteiger partial charge on any atom is -0.486 e. The molecular weight excluding hydrogens is 354 g/mol. The van der Waals surface area contributed by atoms with Crippen LogP contribution >= 0.6 is 11.8 Å². The van der Waals surface area contributed by atoms with Crippen LogP contribution in [0.1, 0.15) is 17.0 Å². The molecule has 27 heavy (non-hydrogen) atoms. The van der Waals surface area contributed by atoms with E-state index in [9.17, 15) is 0 Å². The van der Waals surface area contributed by atoms with Gasteiger partial charge in [0.25, 0.3) is 0 Å². The van der Waals surface area contributed by atoms with Crippen LogP contribution < -0.4 is 4.74 Å². The predicted molar refractivity (Wildman–Crippen MR) is 110 cm³/mol. The van der Waals surface area contributed by atoms with Crippen molar-refractivity contribution in [3.8, 4) is 5.75 Å². The fourth-order valence-electron chi connectivity index (χ4n) is 2.94. The number of hydrogen-bond acceptors (Lipinski definition) is 4. The standard InChI is InChI=1S/C22H21N3OS/c1-16-10-12-19(13-11-16)26-14-21-23-24-22(25(21)2)27-15-18-8-5-7-17-6-3-4-9-20(17)18/h3-13H,14-15H2,1-2H3. The van der Waals surface area contributed by atoms with Gasteiger partial charge in [0.2, 0.25) is 0 Å². The fourth-order valence-corrected chi connectivity index (χ4v) is 3.87. The van der Waals surface area contributed by atoms with Crippen LogP contribution in [0, 0.1) is 6.92 Å². The molecular formula is C22H21N3OS. The van der Waals surface area contributed by atoms with E-state index in [-0.39, 0.29) is 0 Å². The third kappa shape index (κ3) is 3.98. The zero-order valence-electron chi connectivity index (χ0n) is 15.4. The Morgan fingerprint density at radius 2 is 1.70 bits per heavy atom. The van der Waals surface area contributed by atoms with Crippen LogP contribution in [-0.2, 0) is 19.4 Å². The zero-order valence-corrected chi connectivity index (χ0v) is 16.2. The first-order valence-electron chi connectivity index (χ1n) is 8.88. The van der Waals surface area contributed by atoms with Crippen molar-refractivity contribution < 1.29 is 4.74 Å². The van der Waals surface area contributed by atoms with Crippen molar-refractivity contribution in [2.75, 3.05) is 0 Å². The monoisotopic (exact) mass is 375 g/mol. The highest BCUT2D eigenvalue weighted by Crippen LogP contribution is 2.26. The summed E-state index contributed by atoms with van der Waals surface area (Å²) in [6.45, 7) is 2.47. The van der Waals surface area contributed by atoms with E-state index in [1.165, 1.54) is 21.9 Å². The first-order chi connectivity index (χ1) is 13.2. The van der Waals surface area contributed by atoms with Crippen molar-refractivity contribution in [1.82, 2.24) is 14.8 Å². The number of rotatable bonds is 6. The van der Waals surface area contributed by atoms with Crippen molar-refractivity contribution in [2.24, 2.45) is 7.05 Å². The maximum absolute atomic E-state index is 5.83. The maximum atomic E-state index is 5.83. The molecule has 5 heteroatoms. The van der Waals surface area contributed by atoms with Gasteiger partial charge in [0.1, 0.15) is 12.4 Å². The summed E-state index contributed by atoms with van der Waals surface area (Å²) >= 11 is 1.69. The summed E-state index contributed by atoms with van der Waals surface area (Å²) in [6, 6.07) is 22.9. The van der Waals surface area contributed by atoms with Crippen molar-refractivity contribution in [1.29, 1.82) is 0 Å². The van der Waals surface area contributed by atoms with Crippen molar-refractivity contribution in [3.63, 3.8) is 0 Å². The predicted octanol–water partition coefficient (Wildman–Crippen LogP) is 5.15. The molecule has 4 nitrogen and oxygen atoms in total. The molecule has 0 aliphatic carbocycles. The SMILES string of the molecule is Cc1ccc(OCc2nnc(SCc3cccc4ccccc34)n2C)cc1. The molecule has 0 unspecified atom stereocenters. The van der Waals surface area contributed by atoms with E-state index < -0.39 is 0 Å². The lowest BCUT2D eigenvalue weighted by atomic mass is 10.1. The van der Waals surface area contributed by atoms with E-state index in [1.807, 2.05) is 35.9 Å². The van der Waals surface area contributed by atoms with Crippen LogP contribution in [-0.4, -0.2) is 14.8 Å². The lowest BCUT2D eigenvalue weighted by Crippen LogP contribution is -2.04. The Morgan fingerprint density at radius 3 is 2.56 bits per heavy atom. The smallest absolute Gasteiger partial charge is 0.191 e. The van der Waals surface area contributed by atoms with Crippen LogP contribution in [0.4, 0.5) is 0 Å². The summed E-state index contributed by atoms with van der Waals surface area (Å²) in [5, 5.41) is 12.1. The zero-order chi connectivity index (χ0) is 18.6. The Morgan fingerprint density at radius 1 is 0.926 bits per heavy atom. The summed E-state index contributed by atoms with van der Waals surface area (Å²) in [4.78, 5) is 0. The van der Waals surface area contributed by atoms with Gasteiger partial charge in [0.15, 0.2) is 11.0 Å². The second kappa shape index (κ2) is 7.84. The van der Waals surface area contributed by atoms with Crippen molar-refractivity contribution in [3.05, 3.63) is 83.7 Å². The van der Waals surface area contributed by atoms with Gasteiger partial charge in [-0.15, -0.1) is 10.2 Å². The molecule has 0 N–H and O–H groups in total. The molecule has 4 aromatic rings. The van der Waals surface area contributed by atoms with Crippen LogP contribution in [0.3, 0.4) is 0 Å². The first kappa shape index (κ1) is 17.6. The molecule has 0 aliphatic rings. The number of fused-ring (bicyclic) bond motifs is 1. The van der Waals surface area contributed by atoms with E-state index in [4.69, 9.17) is 4.74 Å². The van der Waals surface area contributed by atoms with Gasteiger partial charge in [-0.3, -0.25) is 0 Å². The normalized spacial score (nSPS) is 11.0. The van der Waals surface area contributed by atoms with E-state index in [1.54, 1.807) is 11.8 Å². The number of nitrogens with zero attached hydrogens (tertiary/aromatic N) is 3. The summed E-state index contributed by atoms with van der Waals surface area (Å²) in [5.74, 6) is 2.51. The van der Waals surface area contributed by atoms with Crippen LogP contribution in [0.5, 0.6) is 5.75 Å². The number of thioether (sulfide) groups is 1. The van der Waals surface area contributed by atoms with Gasteiger partial charge >= 0.3 is 0 Å². The Bertz CT molecular complexity index is 1050. The van der Waals surface area contributed by atoms with E-state index in [2.05, 4.69) is 59.6 Å². The number of aryl methyl sites for hydroxylation is 1. The molecule has 0 aliphatic heterocycles. The Balaban J connectivity index is 1.43. The lowest BCUT2D eigenvalue weighted by molar-refractivity contribution is 0.290. The molecule has 0 saturated heterocycles. The van der Waals surface area contributed by atoms with Crippen LogP contribution in [0.15, 0.2) is 71.9 Å². The van der Waals surface area contributed by atoms with Crippen LogP contribution in [0.25, 0.3) is 10.8 Å². The van der Waals surface area contributed by atoms with Gasteiger partial charge in [-0.2, -0.15) is 0 Å². The molecule has 136 valence electrons. The Kier molecular flexibility index (Phi) is 5.12. The third-order valence-corrected chi connectivity index (χ3v) is 5.62. The average molecular weight is 375 g/mol. The second-order valence-electron chi connectivity index (χ2n) is 6.49. The molecule has 0 bridgehead atoms. The molecule has 1 aromatic heterocycles. The molecule has 0 atom stereocenters. The average Bonchev–Trinajstić information content (AvgIpc) is 3.05. The highest BCUT2D eigenvalue weighted by atomic mass is 32.2.